The number of benzene rings is 2. The summed E-state index contributed by atoms with van der Waals surface area (Å²) in [4.78, 5) is 23.4. The molecule has 0 atom stereocenters. The summed E-state index contributed by atoms with van der Waals surface area (Å²) < 4.78 is 4.94. The van der Waals surface area contributed by atoms with Crippen LogP contribution in [-0.2, 0) is 4.79 Å². The van der Waals surface area contributed by atoms with Gasteiger partial charge in [0.2, 0.25) is 0 Å². The van der Waals surface area contributed by atoms with Gasteiger partial charge in [0.1, 0.15) is 0 Å². The lowest BCUT2D eigenvalue weighted by Gasteiger charge is -2.09. The van der Waals surface area contributed by atoms with Crippen LogP contribution in [0, 0.1) is 0 Å². The molecule has 20 heavy (non-hydrogen) atoms. The van der Waals surface area contributed by atoms with E-state index < -0.39 is 5.97 Å². The van der Waals surface area contributed by atoms with E-state index in [1.807, 2.05) is 0 Å². The normalized spacial score (nSPS) is 10.2. The van der Waals surface area contributed by atoms with Gasteiger partial charge in [-0.2, -0.15) is 0 Å². The Balaban J connectivity index is 2.49. The number of hydrogen-bond acceptors (Lipinski definition) is 3. The summed E-state index contributed by atoms with van der Waals surface area (Å²) in [6, 6.07) is 11.5. The largest absolute Gasteiger partial charge is 0.425 e. The van der Waals surface area contributed by atoms with Crippen molar-refractivity contribution in [1.29, 1.82) is 0 Å². The summed E-state index contributed by atoms with van der Waals surface area (Å²) in [6.07, 6.45) is 0. The summed E-state index contributed by atoms with van der Waals surface area (Å²) in [5.74, 6) is -0.746. The van der Waals surface area contributed by atoms with Crippen LogP contribution in [0.1, 0.15) is 22.8 Å². The first-order chi connectivity index (χ1) is 9.49. The van der Waals surface area contributed by atoms with Gasteiger partial charge in [0.15, 0.2) is 11.5 Å². The SMILES string of the molecule is CC(=O)Oc1cc(Cl)cc(C(=O)c2ccccc2)c1Cl. The van der Waals surface area contributed by atoms with Crippen LogP contribution < -0.4 is 4.74 Å². The predicted molar refractivity (Wildman–Crippen MR) is 77.6 cm³/mol. The minimum atomic E-state index is -0.535. The van der Waals surface area contributed by atoms with Gasteiger partial charge in [-0.1, -0.05) is 53.5 Å². The lowest BCUT2D eigenvalue weighted by molar-refractivity contribution is -0.131. The molecule has 0 aliphatic rings. The van der Waals surface area contributed by atoms with Crippen molar-refractivity contribution in [3.8, 4) is 5.75 Å². The zero-order chi connectivity index (χ0) is 14.7. The molecule has 0 spiro atoms. The van der Waals surface area contributed by atoms with Crippen molar-refractivity contribution in [2.24, 2.45) is 0 Å². The molecule has 0 aliphatic heterocycles. The second-order valence-electron chi connectivity index (χ2n) is 4.05. The molecule has 2 rings (SSSR count). The van der Waals surface area contributed by atoms with Gasteiger partial charge < -0.3 is 4.74 Å². The molecule has 0 amide bonds. The van der Waals surface area contributed by atoms with Crippen LogP contribution in [-0.4, -0.2) is 11.8 Å². The van der Waals surface area contributed by atoms with Crippen molar-refractivity contribution < 1.29 is 14.3 Å². The Morgan fingerprint density at radius 2 is 1.70 bits per heavy atom. The molecule has 0 bridgehead atoms. The van der Waals surface area contributed by atoms with E-state index in [1.54, 1.807) is 30.3 Å². The quantitative estimate of drug-likeness (QED) is 0.486. The summed E-state index contributed by atoms with van der Waals surface area (Å²) in [5.41, 5.74) is 0.673. The maximum atomic E-state index is 12.4. The van der Waals surface area contributed by atoms with Crippen LogP contribution in [0.2, 0.25) is 10.0 Å². The van der Waals surface area contributed by atoms with E-state index in [9.17, 15) is 9.59 Å². The van der Waals surface area contributed by atoms with E-state index >= 15 is 0 Å². The van der Waals surface area contributed by atoms with Crippen molar-refractivity contribution in [3.63, 3.8) is 0 Å². The Bertz CT molecular complexity index is 666. The van der Waals surface area contributed by atoms with E-state index in [1.165, 1.54) is 19.1 Å². The number of esters is 1. The molecule has 0 heterocycles. The first kappa shape index (κ1) is 14.6. The highest BCUT2D eigenvalue weighted by atomic mass is 35.5. The highest BCUT2D eigenvalue weighted by Crippen LogP contribution is 2.33. The molecular formula is C15H10Cl2O3. The van der Waals surface area contributed by atoms with E-state index in [2.05, 4.69) is 0 Å². The zero-order valence-electron chi connectivity index (χ0n) is 10.5. The third-order valence-electron chi connectivity index (χ3n) is 2.54. The van der Waals surface area contributed by atoms with Gasteiger partial charge in [0, 0.05) is 29.1 Å². The monoisotopic (exact) mass is 308 g/mol. The molecule has 0 fully saturated rings. The highest BCUT2D eigenvalue weighted by Gasteiger charge is 2.18. The van der Waals surface area contributed by atoms with Gasteiger partial charge in [-0.15, -0.1) is 0 Å². The Kier molecular flexibility index (Phi) is 4.42. The van der Waals surface area contributed by atoms with E-state index in [-0.39, 0.29) is 27.1 Å². The van der Waals surface area contributed by atoms with E-state index in [0.29, 0.717) is 5.56 Å². The highest BCUT2D eigenvalue weighted by molar-refractivity contribution is 6.38. The Morgan fingerprint density at radius 1 is 1.05 bits per heavy atom. The second-order valence-corrected chi connectivity index (χ2v) is 4.87. The van der Waals surface area contributed by atoms with Crippen LogP contribution >= 0.6 is 23.2 Å². The molecule has 0 unspecified atom stereocenters. The van der Waals surface area contributed by atoms with E-state index in [4.69, 9.17) is 27.9 Å². The Hall–Kier alpha value is -1.84. The summed E-state index contributed by atoms with van der Waals surface area (Å²) in [5, 5.41) is 0.336. The van der Waals surface area contributed by atoms with Gasteiger partial charge in [-0.3, -0.25) is 9.59 Å². The Morgan fingerprint density at radius 3 is 2.30 bits per heavy atom. The van der Waals surface area contributed by atoms with Crippen LogP contribution in [0.3, 0.4) is 0 Å². The molecule has 0 N–H and O–H groups in total. The fraction of sp³-hybridized carbons (Fsp3) is 0.0667. The fourth-order valence-corrected chi connectivity index (χ4v) is 2.15. The van der Waals surface area contributed by atoms with Crippen LogP contribution in [0.15, 0.2) is 42.5 Å². The van der Waals surface area contributed by atoms with Gasteiger partial charge in [-0.05, 0) is 6.07 Å². The lowest BCUT2D eigenvalue weighted by Crippen LogP contribution is -2.06. The number of halogens is 2. The molecular weight excluding hydrogens is 299 g/mol. The summed E-state index contributed by atoms with van der Waals surface area (Å²) in [6.45, 7) is 1.25. The lowest BCUT2D eigenvalue weighted by atomic mass is 10.0. The molecule has 3 nitrogen and oxygen atoms in total. The molecule has 0 aromatic heterocycles. The minimum Gasteiger partial charge on any atom is -0.425 e. The molecule has 0 saturated heterocycles. The number of rotatable bonds is 3. The number of carbonyl (C=O) groups is 2. The Labute approximate surface area is 126 Å². The molecule has 5 heteroatoms. The molecule has 102 valence electrons. The standard InChI is InChI=1S/C15H10Cl2O3/c1-9(18)20-13-8-11(16)7-12(14(13)17)15(19)10-5-3-2-4-6-10/h2-8H,1H3. The minimum absolute atomic E-state index is 0.0680. The topological polar surface area (TPSA) is 43.4 Å². The van der Waals surface area contributed by atoms with Crippen molar-refractivity contribution in [1.82, 2.24) is 0 Å². The summed E-state index contributed by atoms with van der Waals surface area (Å²) >= 11 is 12.0. The van der Waals surface area contributed by atoms with Gasteiger partial charge in [0.05, 0.1) is 5.02 Å². The van der Waals surface area contributed by atoms with Gasteiger partial charge >= 0.3 is 5.97 Å². The first-order valence-electron chi connectivity index (χ1n) is 5.76. The average Bonchev–Trinajstić information content (AvgIpc) is 2.42. The summed E-state index contributed by atoms with van der Waals surface area (Å²) in [7, 11) is 0. The van der Waals surface area contributed by atoms with Crippen LogP contribution in [0.25, 0.3) is 0 Å². The van der Waals surface area contributed by atoms with Gasteiger partial charge in [0.25, 0.3) is 0 Å². The van der Waals surface area contributed by atoms with E-state index in [0.717, 1.165) is 0 Å². The van der Waals surface area contributed by atoms with Crippen molar-refractivity contribution in [2.75, 3.05) is 0 Å². The second kappa shape index (κ2) is 6.07. The van der Waals surface area contributed by atoms with Gasteiger partial charge in [-0.25, -0.2) is 0 Å². The molecule has 2 aromatic carbocycles. The third-order valence-corrected chi connectivity index (χ3v) is 3.15. The maximum Gasteiger partial charge on any atom is 0.308 e. The smallest absolute Gasteiger partial charge is 0.308 e. The van der Waals surface area contributed by atoms with Crippen molar-refractivity contribution in [2.45, 2.75) is 6.92 Å². The average molecular weight is 309 g/mol. The van der Waals surface area contributed by atoms with Crippen LogP contribution in [0.5, 0.6) is 5.75 Å². The first-order valence-corrected chi connectivity index (χ1v) is 6.52. The fourth-order valence-electron chi connectivity index (χ4n) is 1.70. The number of ketones is 1. The van der Waals surface area contributed by atoms with Crippen molar-refractivity contribution >= 4 is 35.0 Å². The van der Waals surface area contributed by atoms with Crippen LogP contribution in [0.4, 0.5) is 0 Å². The maximum absolute atomic E-state index is 12.4. The molecule has 0 aliphatic carbocycles. The number of carbonyl (C=O) groups excluding carboxylic acids is 2. The number of ether oxygens (including phenoxy) is 1. The molecule has 0 saturated carbocycles. The molecule has 2 aromatic rings. The zero-order valence-corrected chi connectivity index (χ0v) is 12.0. The predicted octanol–water partition coefficient (Wildman–Crippen LogP) is 4.15. The molecule has 0 radical (unpaired) electrons. The number of hydrogen-bond donors (Lipinski definition) is 0. The third kappa shape index (κ3) is 3.18. The van der Waals surface area contributed by atoms with Crippen molar-refractivity contribution in [3.05, 3.63) is 63.6 Å².